The molecule has 1 fully saturated rings. The number of aliphatic hydroxyl groups is 3. The number of ether oxygens (including phenoxy) is 1. The molecule has 3 N–H and O–H groups in total. The average molecular weight is 269 g/mol. The van der Waals surface area contributed by atoms with Crippen molar-refractivity contribution in [1.29, 1.82) is 0 Å². The second-order valence-corrected chi connectivity index (χ2v) is 5.52. The third kappa shape index (κ3) is 1.86. The van der Waals surface area contributed by atoms with Gasteiger partial charge in [0.15, 0.2) is 6.23 Å². The Balaban J connectivity index is 1.77. The molecule has 18 heavy (non-hydrogen) atoms. The van der Waals surface area contributed by atoms with E-state index in [9.17, 15) is 10.2 Å². The number of nitrogens with zero attached hydrogens (tertiary/aromatic N) is 1. The lowest BCUT2D eigenvalue weighted by atomic mass is 10.1. The zero-order chi connectivity index (χ0) is 12.7. The van der Waals surface area contributed by atoms with Gasteiger partial charge in [-0.05, 0) is 23.1 Å². The van der Waals surface area contributed by atoms with E-state index in [1.807, 2.05) is 28.6 Å². The molecule has 1 saturated heterocycles. The van der Waals surface area contributed by atoms with E-state index in [0.717, 1.165) is 0 Å². The molecule has 6 heteroatoms. The van der Waals surface area contributed by atoms with E-state index in [-0.39, 0.29) is 6.61 Å². The van der Waals surface area contributed by atoms with Crippen LogP contribution in [0.5, 0.6) is 0 Å². The van der Waals surface area contributed by atoms with E-state index in [1.165, 1.54) is 10.4 Å². The molecule has 3 rings (SSSR count). The summed E-state index contributed by atoms with van der Waals surface area (Å²) in [5.74, 6) is 0. The zero-order valence-corrected chi connectivity index (χ0v) is 10.5. The van der Waals surface area contributed by atoms with Crippen molar-refractivity contribution in [1.82, 2.24) is 4.90 Å². The van der Waals surface area contributed by atoms with Gasteiger partial charge in [-0.25, -0.2) is 0 Å². The lowest BCUT2D eigenvalue weighted by molar-refractivity contribution is -0.0823. The van der Waals surface area contributed by atoms with Gasteiger partial charge in [0.05, 0.1) is 13.2 Å². The minimum absolute atomic E-state index is 0.295. The van der Waals surface area contributed by atoms with Gasteiger partial charge in [0.25, 0.3) is 0 Å². The van der Waals surface area contributed by atoms with Crippen LogP contribution in [0, 0.1) is 0 Å². The van der Waals surface area contributed by atoms with Crippen LogP contribution in [0.4, 0.5) is 0 Å². The van der Waals surface area contributed by atoms with Gasteiger partial charge in [0, 0.05) is 11.1 Å². The smallest absolute Gasteiger partial charge is 0.159 e. The standard InChI is InChI=1S/C12H15NO4S/c14-6-8-10(15)11(16)12(17-8)13-3-1-7-2-4-18-9(7)5-13/h1-4,8,10-12,14-16H,5-6H2/t8-,10?,11?,12-/m1/s1. The van der Waals surface area contributed by atoms with E-state index in [1.54, 1.807) is 11.3 Å². The molecule has 2 aliphatic heterocycles. The van der Waals surface area contributed by atoms with E-state index >= 15 is 0 Å². The van der Waals surface area contributed by atoms with Crippen molar-refractivity contribution < 1.29 is 20.1 Å². The fourth-order valence-corrected chi connectivity index (χ4v) is 3.23. The van der Waals surface area contributed by atoms with Gasteiger partial charge in [0.1, 0.15) is 18.3 Å². The molecule has 4 atom stereocenters. The molecule has 1 aromatic rings. The molecule has 1 aromatic heterocycles. The Hall–Kier alpha value is -0.920. The van der Waals surface area contributed by atoms with Crippen molar-refractivity contribution in [3.05, 3.63) is 28.1 Å². The van der Waals surface area contributed by atoms with Crippen molar-refractivity contribution in [2.75, 3.05) is 6.61 Å². The molecule has 0 amide bonds. The Bertz CT molecular complexity index is 461. The highest BCUT2D eigenvalue weighted by Crippen LogP contribution is 2.31. The van der Waals surface area contributed by atoms with Crippen LogP contribution < -0.4 is 0 Å². The summed E-state index contributed by atoms with van der Waals surface area (Å²) in [7, 11) is 0. The molecule has 2 aliphatic rings. The van der Waals surface area contributed by atoms with Crippen LogP contribution >= 0.6 is 11.3 Å². The minimum atomic E-state index is -1.04. The summed E-state index contributed by atoms with van der Waals surface area (Å²) in [4.78, 5) is 3.05. The highest BCUT2D eigenvalue weighted by molar-refractivity contribution is 7.10. The summed E-state index contributed by atoms with van der Waals surface area (Å²) < 4.78 is 5.50. The van der Waals surface area contributed by atoms with Crippen LogP contribution in [-0.4, -0.2) is 51.4 Å². The Labute approximate surface area is 109 Å². The van der Waals surface area contributed by atoms with Gasteiger partial charge in [-0.15, -0.1) is 11.3 Å². The molecule has 0 aromatic carbocycles. The highest BCUT2D eigenvalue weighted by atomic mass is 32.1. The topological polar surface area (TPSA) is 73.2 Å². The Morgan fingerprint density at radius 2 is 2.22 bits per heavy atom. The fourth-order valence-electron chi connectivity index (χ4n) is 2.35. The molecular weight excluding hydrogens is 254 g/mol. The van der Waals surface area contributed by atoms with Crippen molar-refractivity contribution in [2.24, 2.45) is 0 Å². The Kier molecular flexibility index (Phi) is 3.13. The minimum Gasteiger partial charge on any atom is -0.394 e. The number of aliphatic hydroxyl groups excluding tert-OH is 3. The average Bonchev–Trinajstić information content (AvgIpc) is 2.95. The number of hydrogen-bond acceptors (Lipinski definition) is 6. The van der Waals surface area contributed by atoms with Crippen molar-refractivity contribution in [3.8, 4) is 0 Å². The maximum atomic E-state index is 9.95. The van der Waals surface area contributed by atoms with Gasteiger partial charge in [-0.3, -0.25) is 0 Å². The fraction of sp³-hybridized carbons (Fsp3) is 0.500. The maximum Gasteiger partial charge on any atom is 0.159 e. The third-order valence-corrected chi connectivity index (χ3v) is 4.32. The van der Waals surface area contributed by atoms with Crippen LogP contribution in [-0.2, 0) is 11.3 Å². The molecule has 0 aliphatic carbocycles. The van der Waals surface area contributed by atoms with Gasteiger partial charge >= 0.3 is 0 Å². The third-order valence-electron chi connectivity index (χ3n) is 3.40. The van der Waals surface area contributed by atoms with Gasteiger partial charge in [-0.2, -0.15) is 0 Å². The number of hydrogen-bond donors (Lipinski definition) is 3. The van der Waals surface area contributed by atoms with E-state index < -0.39 is 24.5 Å². The van der Waals surface area contributed by atoms with Crippen LogP contribution in [0.15, 0.2) is 17.6 Å². The molecule has 0 spiro atoms. The van der Waals surface area contributed by atoms with Gasteiger partial charge < -0.3 is 25.0 Å². The zero-order valence-electron chi connectivity index (χ0n) is 9.64. The number of rotatable bonds is 2. The van der Waals surface area contributed by atoms with Gasteiger partial charge in [0.2, 0.25) is 0 Å². The Morgan fingerprint density at radius 1 is 1.39 bits per heavy atom. The second kappa shape index (κ2) is 4.64. The SMILES string of the molecule is OC[C@H]1O[C@@H](N2C=Cc3ccsc3C2)C(O)C1O. The highest BCUT2D eigenvalue weighted by Gasteiger charge is 2.44. The van der Waals surface area contributed by atoms with Crippen LogP contribution in [0.1, 0.15) is 10.4 Å². The molecule has 98 valence electrons. The van der Waals surface area contributed by atoms with Gasteiger partial charge in [-0.1, -0.05) is 0 Å². The molecule has 0 bridgehead atoms. The summed E-state index contributed by atoms with van der Waals surface area (Å²) >= 11 is 1.65. The van der Waals surface area contributed by atoms with E-state index in [2.05, 4.69) is 0 Å². The predicted octanol–water partition coefficient (Wildman–Crippen LogP) is -0.0266. The molecule has 3 heterocycles. The first-order valence-electron chi connectivity index (χ1n) is 5.83. The summed E-state index contributed by atoms with van der Waals surface area (Å²) in [5, 5.41) is 30.8. The van der Waals surface area contributed by atoms with Crippen LogP contribution in [0.3, 0.4) is 0 Å². The summed E-state index contributed by atoms with van der Waals surface area (Å²) in [6.07, 6.45) is 0.442. The van der Waals surface area contributed by atoms with E-state index in [4.69, 9.17) is 9.84 Å². The van der Waals surface area contributed by atoms with Crippen LogP contribution in [0.25, 0.3) is 6.08 Å². The molecular formula is C12H15NO4S. The van der Waals surface area contributed by atoms with E-state index in [0.29, 0.717) is 6.54 Å². The summed E-state index contributed by atoms with van der Waals surface area (Å²) in [6.45, 7) is 0.354. The summed E-state index contributed by atoms with van der Waals surface area (Å²) in [6, 6.07) is 2.05. The Morgan fingerprint density at radius 3 is 2.94 bits per heavy atom. The lowest BCUT2D eigenvalue weighted by Gasteiger charge is -2.31. The lowest BCUT2D eigenvalue weighted by Crippen LogP contribution is -2.41. The number of thiophene rings is 1. The first kappa shape index (κ1) is 12.1. The largest absolute Gasteiger partial charge is 0.394 e. The molecule has 2 unspecified atom stereocenters. The molecule has 0 saturated carbocycles. The van der Waals surface area contributed by atoms with Crippen LogP contribution in [0.2, 0.25) is 0 Å². The van der Waals surface area contributed by atoms with Crippen molar-refractivity contribution in [3.63, 3.8) is 0 Å². The summed E-state index contributed by atoms with van der Waals surface area (Å²) in [5.41, 5.74) is 1.18. The normalized spacial score (nSPS) is 34.9. The molecule has 5 nitrogen and oxygen atoms in total. The van der Waals surface area contributed by atoms with Crippen molar-refractivity contribution in [2.45, 2.75) is 31.1 Å². The first-order valence-corrected chi connectivity index (χ1v) is 6.71. The second-order valence-electron chi connectivity index (χ2n) is 4.52. The molecule has 0 radical (unpaired) electrons. The van der Waals surface area contributed by atoms with Crippen molar-refractivity contribution >= 4 is 17.4 Å². The predicted molar refractivity (Wildman–Crippen MR) is 66.7 cm³/mol. The quantitative estimate of drug-likeness (QED) is 0.703. The monoisotopic (exact) mass is 269 g/mol. The first-order chi connectivity index (χ1) is 8.70. The number of fused-ring (bicyclic) bond motifs is 1. The maximum absolute atomic E-state index is 9.95.